The van der Waals surface area contributed by atoms with Crippen LogP contribution in [0.5, 0.6) is 11.5 Å². The Morgan fingerprint density at radius 1 is 1.09 bits per heavy atom. The van der Waals surface area contributed by atoms with Gasteiger partial charge in [0.05, 0.1) is 6.54 Å². The van der Waals surface area contributed by atoms with E-state index in [2.05, 4.69) is 47.0 Å². The fourth-order valence-corrected chi connectivity index (χ4v) is 3.41. The molecular formula is C18H22N2O2+2. The average molecular weight is 298 g/mol. The molecule has 0 aliphatic carbocycles. The van der Waals surface area contributed by atoms with Gasteiger partial charge in [0.1, 0.15) is 13.1 Å². The summed E-state index contributed by atoms with van der Waals surface area (Å²) in [7, 11) is 0. The number of benzene rings is 2. The van der Waals surface area contributed by atoms with Gasteiger partial charge in [0, 0.05) is 17.5 Å². The van der Waals surface area contributed by atoms with E-state index in [0.717, 1.165) is 24.6 Å². The lowest BCUT2D eigenvalue weighted by Crippen LogP contribution is -2.95. The summed E-state index contributed by atoms with van der Waals surface area (Å²) in [5, 5.41) is 4.86. The van der Waals surface area contributed by atoms with Crippen molar-refractivity contribution in [2.24, 2.45) is 0 Å². The van der Waals surface area contributed by atoms with E-state index in [9.17, 15) is 0 Å². The monoisotopic (exact) mass is 298 g/mol. The minimum Gasteiger partial charge on any atom is -0.454 e. The number of quaternary nitrogens is 2. The maximum Gasteiger partial charge on any atom is 0.231 e. The van der Waals surface area contributed by atoms with Crippen molar-refractivity contribution in [1.29, 1.82) is 0 Å². The molecule has 114 valence electrons. The Kier molecular flexibility index (Phi) is 3.70. The van der Waals surface area contributed by atoms with Crippen LogP contribution >= 0.6 is 0 Å². The first-order valence-electron chi connectivity index (χ1n) is 8.01. The SMILES string of the molecule is c1ccc2c(c1)CC[NH2+]C2C[NH2+]Cc1ccc2c(c1)OCO2. The molecule has 1 unspecified atom stereocenters. The second-order valence-electron chi connectivity index (χ2n) is 6.00. The molecule has 0 fully saturated rings. The number of hydrogen-bond donors (Lipinski definition) is 2. The molecule has 0 spiro atoms. The highest BCUT2D eigenvalue weighted by atomic mass is 16.7. The van der Waals surface area contributed by atoms with Crippen LogP contribution in [-0.4, -0.2) is 19.9 Å². The molecule has 2 aromatic rings. The number of fused-ring (bicyclic) bond motifs is 2. The lowest BCUT2D eigenvalue weighted by atomic mass is 9.94. The highest BCUT2D eigenvalue weighted by Crippen LogP contribution is 2.32. The van der Waals surface area contributed by atoms with Crippen LogP contribution in [-0.2, 0) is 13.0 Å². The molecule has 0 saturated carbocycles. The van der Waals surface area contributed by atoms with E-state index in [-0.39, 0.29) is 0 Å². The molecule has 2 aromatic carbocycles. The largest absolute Gasteiger partial charge is 0.454 e. The van der Waals surface area contributed by atoms with Crippen molar-refractivity contribution in [3.05, 3.63) is 59.2 Å². The van der Waals surface area contributed by atoms with E-state index in [1.54, 1.807) is 0 Å². The third kappa shape index (κ3) is 2.67. The fraction of sp³-hybridized carbons (Fsp3) is 0.333. The summed E-state index contributed by atoms with van der Waals surface area (Å²) in [6.45, 7) is 3.62. The predicted molar refractivity (Wildman–Crippen MR) is 82.7 cm³/mol. The van der Waals surface area contributed by atoms with Crippen LogP contribution in [0.25, 0.3) is 0 Å². The quantitative estimate of drug-likeness (QED) is 0.855. The molecule has 2 aliphatic rings. The normalized spacial score (nSPS) is 19.0. The van der Waals surface area contributed by atoms with Crippen LogP contribution in [0.4, 0.5) is 0 Å². The summed E-state index contributed by atoms with van der Waals surface area (Å²) in [5.74, 6) is 1.73. The standard InChI is InChI=1S/C18H20N2O2/c1-2-4-15-14(3-1)7-8-20-16(15)11-19-10-13-5-6-17-18(9-13)22-12-21-17/h1-6,9,16,19-20H,7-8,10-12H2/p+2. The molecule has 4 nitrogen and oxygen atoms in total. The van der Waals surface area contributed by atoms with Crippen molar-refractivity contribution in [3.63, 3.8) is 0 Å². The van der Waals surface area contributed by atoms with Gasteiger partial charge < -0.3 is 20.1 Å². The van der Waals surface area contributed by atoms with Crippen LogP contribution in [0.1, 0.15) is 22.7 Å². The molecule has 22 heavy (non-hydrogen) atoms. The highest BCUT2D eigenvalue weighted by Gasteiger charge is 2.24. The number of ether oxygens (including phenoxy) is 2. The van der Waals surface area contributed by atoms with Crippen LogP contribution in [0.2, 0.25) is 0 Å². The zero-order valence-corrected chi connectivity index (χ0v) is 12.6. The molecule has 0 amide bonds. The van der Waals surface area contributed by atoms with Gasteiger partial charge in [0.15, 0.2) is 17.5 Å². The molecule has 4 heteroatoms. The summed E-state index contributed by atoms with van der Waals surface area (Å²) < 4.78 is 10.8. The van der Waals surface area contributed by atoms with Gasteiger partial charge in [-0.15, -0.1) is 0 Å². The van der Waals surface area contributed by atoms with Crippen molar-refractivity contribution in [2.75, 3.05) is 19.9 Å². The fourth-order valence-electron chi connectivity index (χ4n) is 3.41. The topological polar surface area (TPSA) is 51.7 Å². The Bertz CT molecular complexity index is 672. The summed E-state index contributed by atoms with van der Waals surface area (Å²) >= 11 is 0. The number of rotatable bonds is 4. The van der Waals surface area contributed by atoms with Crippen LogP contribution in [0.3, 0.4) is 0 Å². The van der Waals surface area contributed by atoms with E-state index in [4.69, 9.17) is 9.47 Å². The summed E-state index contributed by atoms with van der Waals surface area (Å²) in [6.07, 6.45) is 1.19. The minimum absolute atomic E-state index is 0.344. The first kappa shape index (κ1) is 13.6. The molecule has 0 saturated heterocycles. The zero-order chi connectivity index (χ0) is 14.8. The molecule has 4 rings (SSSR count). The van der Waals surface area contributed by atoms with Gasteiger partial charge in [-0.1, -0.05) is 24.3 Å². The van der Waals surface area contributed by atoms with Crippen molar-refractivity contribution in [2.45, 2.75) is 19.0 Å². The van der Waals surface area contributed by atoms with Gasteiger partial charge in [-0.3, -0.25) is 0 Å². The van der Waals surface area contributed by atoms with E-state index >= 15 is 0 Å². The predicted octanol–water partition coefficient (Wildman–Crippen LogP) is 0.340. The smallest absolute Gasteiger partial charge is 0.231 e. The maximum absolute atomic E-state index is 5.44. The molecule has 0 radical (unpaired) electrons. The van der Waals surface area contributed by atoms with Crippen molar-refractivity contribution >= 4 is 0 Å². The molecule has 0 aromatic heterocycles. The Morgan fingerprint density at radius 2 is 2.00 bits per heavy atom. The highest BCUT2D eigenvalue weighted by molar-refractivity contribution is 5.44. The van der Waals surface area contributed by atoms with Crippen molar-refractivity contribution in [3.8, 4) is 11.5 Å². The minimum atomic E-state index is 0.344. The molecular weight excluding hydrogens is 276 g/mol. The Hall–Kier alpha value is -2.04. The molecule has 2 aliphatic heterocycles. The van der Waals surface area contributed by atoms with E-state index in [1.807, 2.05) is 6.07 Å². The van der Waals surface area contributed by atoms with Gasteiger partial charge in [0.25, 0.3) is 0 Å². The van der Waals surface area contributed by atoms with Crippen LogP contribution < -0.4 is 20.1 Å². The second-order valence-corrected chi connectivity index (χ2v) is 6.00. The summed E-state index contributed by atoms with van der Waals surface area (Å²) in [4.78, 5) is 0. The number of nitrogens with two attached hydrogens (primary N) is 2. The van der Waals surface area contributed by atoms with Gasteiger partial charge in [-0.25, -0.2) is 0 Å². The van der Waals surface area contributed by atoms with E-state index < -0.39 is 0 Å². The summed E-state index contributed by atoms with van der Waals surface area (Å²) in [5.41, 5.74) is 4.32. The van der Waals surface area contributed by atoms with E-state index in [1.165, 1.54) is 29.7 Å². The molecule has 2 heterocycles. The van der Waals surface area contributed by atoms with Crippen molar-refractivity contribution in [1.82, 2.24) is 0 Å². The molecule has 1 atom stereocenters. The summed E-state index contributed by atoms with van der Waals surface area (Å²) in [6, 6.07) is 15.7. The van der Waals surface area contributed by atoms with Crippen molar-refractivity contribution < 1.29 is 20.1 Å². The van der Waals surface area contributed by atoms with Gasteiger partial charge in [0.2, 0.25) is 6.79 Å². The Morgan fingerprint density at radius 3 is 3.00 bits per heavy atom. The third-order valence-corrected chi connectivity index (χ3v) is 4.56. The van der Waals surface area contributed by atoms with Gasteiger partial charge >= 0.3 is 0 Å². The van der Waals surface area contributed by atoms with Gasteiger partial charge in [-0.05, 0) is 23.8 Å². The van der Waals surface area contributed by atoms with Gasteiger partial charge in [-0.2, -0.15) is 0 Å². The lowest BCUT2D eigenvalue weighted by Gasteiger charge is -2.22. The second kappa shape index (κ2) is 5.99. The van der Waals surface area contributed by atoms with Crippen LogP contribution in [0.15, 0.2) is 42.5 Å². The Balaban J connectivity index is 1.38. The number of hydrogen-bond acceptors (Lipinski definition) is 2. The first-order valence-corrected chi connectivity index (χ1v) is 8.01. The molecule has 0 bridgehead atoms. The zero-order valence-electron chi connectivity index (χ0n) is 12.6. The average Bonchev–Trinajstić information content (AvgIpc) is 3.03. The lowest BCUT2D eigenvalue weighted by molar-refractivity contribution is -0.763. The van der Waals surface area contributed by atoms with E-state index in [0.29, 0.717) is 12.8 Å². The van der Waals surface area contributed by atoms with Crippen LogP contribution in [0, 0.1) is 0 Å². The maximum atomic E-state index is 5.44. The third-order valence-electron chi connectivity index (χ3n) is 4.56. The molecule has 4 N–H and O–H groups in total. The first-order chi connectivity index (χ1) is 10.9. The Labute approximate surface area is 130 Å².